The Morgan fingerprint density at radius 3 is 2.79 bits per heavy atom. The number of carbonyl (C=O) groups is 1. The van der Waals surface area contributed by atoms with Crippen LogP contribution in [0.5, 0.6) is 0 Å². The van der Waals surface area contributed by atoms with Crippen molar-refractivity contribution in [2.75, 3.05) is 19.7 Å². The molecule has 0 aromatic heterocycles. The summed E-state index contributed by atoms with van der Waals surface area (Å²) in [5.74, 6) is -0.244. The second-order valence-electron chi connectivity index (χ2n) is 4.72. The maximum Gasteiger partial charge on any atom is 0.317 e. The van der Waals surface area contributed by atoms with Gasteiger partial charge in [-0.25, -0.2) is 9.18 Å². The van der Waals surface area contributed by atoms with Crippen molar-refractivity contribution in [1.82, 2.24) is 10.2 Å². The van der Waals surface area contributed by atoms with E-state index in [2.05, 4.69) is 5.32 Å². The number of nitrogens with zero attached hydrogens (tertiary/aromatic N) is 1. The molecule has 0 atom stereocenters. The second-order valence-corrected chi connectivity index (χ2v) is 4.72. The minimum atomic E-state index is -0.244. The lowest BCUT2D eigenvalue weighted by Crippen LogP contribution is -2.43. The van der Waals surface area contributed by atoms with Crippen molar-refractivity contribution < 1.29 is 14.3 Å². The van der Waals surface area contributed by atoms with Gasteiger partial charge in [0.1, 0.15) is 5.82 Å². The van der Waals surface area contributed by atoms with Crippen LogP contribution in [0.3, 0.4) is 0 Å². The van der Waals surface area contributed by atoms with Crippen LogP contribution in [0, 0.1) is 5.82 Å². The Morgan fingerprint density at radius 1 is 1.42 bits per heavy atom. The van der Waals surface area contributed by atoms with Gasteiger partial charge in [0.05, 0.1) is 6.61 Å². The molecule has 1 fully saturated rings. The Kier molecular flexibility index (Phi) is 4.74. The maximum atomic E-state index is 13.4. The number of amides is 2. The molecule has 2 amide bonds. The summed E-state index contributed by atoms with van der Waals surface area (Å²) in [5, 5.41) is 11.7. The molecule has 0 spiro atoms. The normalized spacial score (nSPS) is 14.2. The summed E-state index contributed by atoms with van der Waals surface area (Å²) in [4.78, 5) is 13.6. The molecule has 2 rings (SSSR count). The van der Waals surface area contributed by atoms with E-state index < -0.39 is 0 Å². The number of urea groups is 1. The average Bonchev–Trinajstić information content (AvgIpc) is 3.22. The van der Waals surface area contributed by atoms with Gasteiger partial charge in [-0.2, -0.15) is 0 Å². The van der Waals surface area contributed by atoms with Crippen LogP contribution in [0.15, 0.2) is 24.3 Å². The first kappa shape index (κ1) is 13.8. The summed E-state index contributed by atoms with van der Waals surface area (Å²) in [6.07, 6.45) is 2.47. The second kappa shape index (κ2) is 6.52. The largest absolute Gasteiger partial charge is 0.395 e. The Balaban J connectivity index is 1.78. The SMILES string of the molecule is O=C(NCCc1ccccc1F)N(CCO)C1CC1. The standard InChI is InChI=1S/C14H19FN2O2/c15-13-4-2-1-3-11(13)7-8-16-14(19)17(9-10-18)12-5-6-12/h1-4,12,18H,5-10H2,(H,16,19). The van der Waals surface area contributed by atoms with Crippen LogP contribution in [0.2, 0.25) is 0 Å². The summed E-state index contributed by atoms with van der Waals surface area (Å²) in [5.41, 5.74) is 0.600. The molecule has 0 heterocycles. The third-order valence-corrected chi connectivity index (χ3v) is 3.22. The van der Waals surface area contributed by atoms with Crippen LogP contribution in [0.25, 0.3) is 0 Å². The zero-order chi connectivity index (χ0) is 13.7. The van der Waals surface area contributed by atoms with E-state index in [-0.39, 0.29) is 24.5 Å². The molecule has 0 bridgehead atoms. The summed E-state index contributed by atoms with van der Waals surface area (Å²) in [7, 11) is 0. The number of nitrogens with one attached hydrogen (secondary N) is 1. The Labute approximate surface area is 112 Å². The van der Waals surface area contributed by atoms with E-state index in [1.165, 1.54) is 6.07 Å². The molecule has 104 valence electrons. The fraction of sp³-hybridized carbons (Fsp3) is 0.500. The molecule has 1 saturated carbocycles. The Bertz CT molecular complexity index is 435. The molecule has 1 aromatic carbocycles. The molecule has 1 aromatic rings. The quantitative estimate of drug-likeness (QED) is 0.820. The van der Waals surface area contributed by atoms with Crippen molar-refractivity contribution >= 4 is 6.03 Å². The van der Waals surface area contributed by atoms with Crippen LogP contribution in [0.4, 0.5) is 9.18 Å². The molecule has 5 heteroatoms. The molecule has 19 heavy (non-hydrogen) atoms. The lowest BCUT2D eigenvalue weighted by molar-refractivity contribution is 0.174. The zero-order valence-electron chi connectivity index (χ0n) is 10.8. The van der Waals surface area contributed by atoms with Crippen LogP contribution >= 0.6 is 0 Å². The van der Waals surface area contributed by atoms with Crippen molar-refractivity contribution in [3.05, 3.63) is 35.6 Å². The van der Waals surface area contributed by atoms with E-state index in [0.29, 0.717) is 25.1 Å². The number of benzene rings is 1. The van der Waals surface area contributed by atoms with Gasteiger partial charge in [0.2, 0.25) is 0 Å². The van der Waals surface area contributed by atoms with E-state index in [9.17, 15) is 9.18 Å². The molecular weight excluding hydrogens is 247 g/mol. The lowest BCUT2D eigenvalue weighted by Gasteiger charge is -2.21. The molecular formula is C14H19FN2O2. The predicted octanol–water partition coefficient (Wildman–Crippen LogP) is 1.53. The monoisotopic (exact) mass is 266 g/mol. The third-order valence-electron chi connectivity index (χ3n) is 3.22. The Hall–Kier alpha value is -1.62. The summed E-state index contributed by atoms with van der Waals surface area (Å²) in [6, 6.07) is 6.65. The van der Waals surface area contributed by atoms with Crippen molar-refractivity contribution in [2.45, 2.75) is 25.3 Å². The minimum Gasteiger partial charge on any atom is -0.395 e. The van der Waals surface area contributed by atoms with Gasteiger partial charge in [0, 0.05) is 19.1 Å². The molecule has 0 unspecified atom stereocenters. The molecule has 1 aliphatic carbocycles. The maximum absolute atomic E-state index is 13.4. The van der Waals surface area contributed by atoms with Crippen molar-refractivity contribution in [3.63, 3.8) is 0 Å². The number of aliphatic hydroxyl groups excluding tert-OH is 1. The van der Waals surface area contributed by atoms with Crippen LogP contribution in [-0.2, 0) is 6.42 Å². The number of halogens is 1. The van der Waals surface area contributed by atoms with Gasteiger partial charge in [-0.1, -0.05) is 18.2 Å². The van der Waals surface area contributed by atoms with E-state index >= 15 is 0 Å². The number of rotatable bonds is 6. The molecule has 1 aliphatic rings. The average molecular weight is 266 g/mol. The fourth-order valence-electron chi connectivity index (χ4n) is 2.05. The van der Waals surface area contributed by atoms with Crippen LogP contribution in [-0.4, -0.2) is 41.8 Å². The molecule has 0 radical (unpaired) electrons. The van der Waals surface area contributed by atoms with Crippen LogP contribution < -0.4 is 5.32 Å². The van der Waals surface area contributed by atoms with E-state index in [0.717, 1.165) is 12.8 Å². The summed E-state index contributed by atoms with van der Waals surface area (Å²) < 4.78 is 13.4. The van der Waals surface area contributed by atoms with E-state index in [4.69, 9.17) is 5.11 Å². The first-order valence-electron chi connectivity index (χ1n) is 6.61. The Morgan fingerprint density at radius 2 is 2.16 bits per heavy atom. The summed E-state index contributed by atoms with van der Waals surface area (Å²) >= 11 is 0. The lowest BCUT2D eigenvalue weighted by atomic mass is 10.1. The first-order valence-corrected chi connectivity index (χ1v) is 6.61. The van der Waals surface area contributed by atoms with Gasteiger partial charge in [0.15, 0.2) is 0 Å². The highest BCUT2D eigenvalue weighted by Gasteiger charge is 2.31. The number of hydrogen-bond donors (Lipinski definition) is 2. The highest BCUT2D eigenvalue weighted by Crippen LogP contribution is 2.26. The van der Waals surface area contributed by atoms with Gasteiger partial charge >= 0.3 is 6.03 Å². The smallest absolute Gasteiger partial charge is 0.317 e. The topological polar surface area (TPSA) is 52.6 Å². The van der Waals surface area contributed by atoms with Gasteiger partial charge < -0.3 is 15.3 Å². The number of aliphatic hydroxyl groups is 1. The van der Waals surface area contributed by atoms with E-state index in [1.54, 1.807) is 23.1 Å². The first-order chi connectivity index (χ1) is 9.22. The van der Waals surface area contributed by atoms with Crippen molar-refractivity contribution in [2.24, 2.45) is 0 Å². The van der Waals surface area contributed by atoms with Gasteiger partial charge in [-0.3, -0.25) is 0 Å². The van der Waals surface area contributed by atoms with Crippen molar-refractivity contribution in [3.8, 4) is 0 Å². The molecule has 2 N–H and O–H groups in total. The highest BCUT2D eigenvalue weighted by atomic mass is 19.1. The van der Waals surface area contributed by atoms with Gasteiger partial charge in [-0.05, 0) is 30.9 Å². The van der Waals surface area contributed by atoms with Crippen molar-refractivity contribution in [1.29, 1.82) is 0 Å². The third kappa shape index (κ3) is 3.92. The van der Waals surface area contributed by atoms with Gasteiger partial charge in [0.25, 0.3) is 0 Å². The number of hydrogen-bond acceptors (Lipinski definition) is 2. The predicted molar refractivity (Wildman–Crippen MR) is 70.3 cm³/mol. The minimum absolute atomic E-state index is 0.0305. The zero-order valence-corrected chi connectivity index (χ0v) is 10.8. The molecule has 0 saturated heterocycles. The highest BCUT2D eigenvalue weighted by molar-refractivity contribution is 5.74. The molecule has 0 aliphatic heterocycles. The summed E-state index contributed by atoms with van der Waals surface area (Å²) in [6.45, 7) is 0.724. The van der Waals surface area contributed by atoms with E-state index in [1.807, 2.05) is 0 Å². The van der Waals surface area contributed by atoms with Crippen LogP contribution in [0.1, 0.15) is 18.4 Å². The number of carbonyl (C=O) groups excluding carboxylic acids is 1. The van der Waals surface area contributed by atoms with Gasteiger partial charge in [-0.15, -0.1) is 0 Å². The molecule has 4 nitrogen and oxygen atoms in total. The fourth-order valence-corrected chi connectivity index (χ4v) is 2.05.